The van der Waals surface area contributed by atoms with Crippen molar-refractivity contribution in [1.29, 1.82) is 0 Å². The number of imidazole rings is 1. The van der Waals surface area contributed by atoms with Crippen LogP contribution in [0.3, 0.4) is 0 Å². The van der Waals surface area contributed by atoms with E-state index in [2.05, 4.69) is 30.5 Å². The number of methoxy groups -OCH3 is 1. The molecular weight excluding hydrogens is 466 g/mol. The molecule has 3 N–H and O–H groups in total. The van der Waals surface area contributed by atoms with Gasteiger partial charge in [-0.25, -0.2) is 18.7 Å². The number of aryl methyl sites for hydroxylation is 1. The van der Waals surface area contributed by atoms with E-state index in [1.165, 1.54) is 18.3 Å². The maximum Gasteiger partial charge on any atom is 0.265 e. The number of anilines is 2. The molecule has 0 fully saturated rings. The first-order valence-electron chi connectivity index (χ1n) is 11.2. The van der Waals surface area contributed by atoms with Crippen molar-refractivity contribution in [2.45, 2.75) is 20.3 Å². The lowest BCUT2D eigenvalue weighted by Crippen LogP contribution is -2.08. The zero-order valence-corrected chi connectivity index (χ0v) is 20.1. The number of alkyl halides is 2. The SMILES string of the molecule is COCCN=C/C(=C(/C)N)c1nc(-n2cnc3cc(Nc4ccc(C)nn4)ccc32)ccc1C(F)F.[HH]. The number of nitrogens with zero attached hydrogens (tertiary/aromatic N) is 6. The number of hydrogen-bond donors (Lipinski definition) is 2. The van der Waals surface area contributed by atoms with Gasteiger partial charge in [-0.15, -0.1) is 5.10 Å². The summed E-state index contributed by atoms with van der Waals surface area (Å²) < 4.78 is 34.4. The van der Waals surface area contributed by atoms with Gasteiger partial charge >= 0.3 is 0 Å². The van der Waals surface area contributed by atoms with Crippen LogP contribution in [0.4, 0.5) is 20.3 Å². The zero-order chi connectivity index (χ0) is 25.7. The largest absolute Gasteiger partial charge is 0.402 e. The molecule has 11 heteroatoms. The van der Waals surface area contributed by atoms with E-state index in [1.54, 1.807) is 24.9 Å². The molecule has 4 rings (SSSR count). The van der Waals surface area contributed by atoms with Crippen LogP contribution < -0.4 is 11.1 Å². The van der Waals surface area contributed by atoms with Gasteiger partial charge in [-0.05, 0) is 56.3 Å². The van der Waals surface area contributed by atoms with Crippen LogP contribution in [-0.2, 0) is 4.74 Å². The van der Waals surface area contributed by atoms with Crippen LogP contribution in [0, 0.1) is 6.92 Å². The molecule has 0 saturated carbocycles. The molecular formula is C25H28F2N8O. The molecule has 188 valence electrons. The van der Waals surface area contributed by atoms with Crippen LogP contribution in [0.5, 0.6) is 0 Å². The number of aromatic nitrogens is 5. The minimum atomic E-state index is -2.73. The molecule has 3 aromatic heterocycles. The summed E-state index contributed by atoms with van der Waals surface area (Å²) in [6.07, 6.45) is 0.325. The molecule has 4 aromatic rings. The number of ether oxygens (including phenoxy) is 1. The first-order chi connectivity index (χ1) is 17.4. The number of pyridine rings is 1. The Labute approximate surface area is 208 Å². The lowest BCUT2D eigenvalue weighted by Gasteiger charge is -2.13. The molecule has 0 aliphatic heterocycles. The first-order valence-corrected chi connectivity index (χ1v) is 11.2. The predicted molar refractivity (Wildman–Crippen MR) is 138 cm³/mol. The van der Waals surface area contributed by atoms with E-state index in [0.717, 1.165) is 16.9 Å². The second-order valence-corrected chi connectivity index (χ2v) is 8.04. The lowest BCUT2D eigenvalue weighted by molar-refractivity contribution is 0.150. The number of rotatable bonds is 9. The van der Waals surface area contributed by atoms with Gasteiger partial charge in [0.2, 0.25) is 0 Å². The van der Waals surface area contributed by atoms with Crippen molar-refractivity contribution in [2.75, 3.05) is 25.6 Å². The number of fused-ring (bicyclic) bond motifs is 1. The van der Waals surface area contributed by atoms with Gasteiger partial charge in [-0.3, -0.25) is 9.56 Å². The van der Waals surface area contributed by atoms with Crippen LogP contribution in [0.1, 0.15) is 31.7 Å². The molecule has 0 amide bonds. The Morgan fingerprint density at radius 3 is 2.75 bits per heavy atom. The van der Waals surface area contributed by atoms with Gasteiger partial charge in [0.05, 0.1) is 35.6 Å². The van der Waals surface area contributed by atoms with Crippen LogP contribution >= 0.6 is 0 Å². The molecule has 0 radical (unpaired) electrons. The predicted octanol–water partition coefficient (Wildman–Crippen LogP) is 4.85. The molecule has 9 nitrogen and oxygen atoms in total. The second kappa shape index (κ2) is 11.0. The third-order valence-electron chi connectivity index (χ3n) is 5.34. The molecule has 0 unspecified atom stereocenters. The highest BCUT2D eigenvalue weighted by Gasteiger charge is 2.20. The topological polar surface area (TPSA) is 116 Å². The zero-order valence-electron chi connectivity index (χ0n) is 20.1. The number of nitrogens with one attached hydrogen (secondary N) is 1. The smallest absolute Gasteiger partial charge is 0.265 e. The van der Waals surface area contributed by atoms with Crippen LogP contribution in [-0.4, -0.2) is 51.2 Å². The van der Waals surface area contributed by atoms with Gasteiger partial charge < -0.3 is 15.8 Å². The summed E-state index contributed by atoms with van der Waals surface area (Å²) in [6.45, 7) is 4.26. The Kier molecular flexibility index (Phi) is 7.59. The third kappa shape index (κ3) is 5.52. The molecule has 36 heavy (non-hydrogen) atoms. The van der Waals surface area contributed by atoms with E-state index in [-0.39, 0.29) is 12.7 Å². The summed E-state index contributed by atoms with van der Waals surface area (Å²) in [6, 6.07) is 12.2. The summed E-state index contributed by atoms with van der Waals surface area (Å²) in [5.74, 6) is 1.03. The number of hydrogen-bond acceptors (Lipinski definition) is 8. The Morgan fingerprint density at radius 2 is 2.06 bits per heavy atom. The average Bonchev–Trinajstić information content (AvgIpc) is 3.28. The molecule has 0 bridgehead atoms. The van der Waals surface area contributed by atoms with Crippen molar-refractivity contribution in [3.05, 3.63) is 71.4 Å². The molecule has 3 heterocycles. The van der Waals surface area contributed by atoms with Gasteiger partial charge in [-0.2, -0.15) is 5.10 Å². The highest BCUT2D eigenvalue weighted by Crippen LogP contribution is 2.29. The fraction of sp³-hybridized carbons (Fsp3) is 0.240. The van der Waals surface area contributed by atoms with E-state index in [0.29, 0.717) is 41.6 Å². The molecule has 0 aliphatic rings. The van der Waals surface area contributed by atoms with Crippen LogP contribution in [0.2, 0.25) is 0 Å². The molecule has 0 saturated heterocycles. The van der Waals surface area contributed by atoms with E-state index in [9.17, 15) is 8.78 Å². The Hall–Kier alpha value is -4.25. The monoisotopic (exact) mass is 494 g/mol. The van der Waals surface area contributed by atoms with E-state index >= 15 is 0 Å². The van der Waals surface area contributed by atoms with Gasteiger partial charge in [0.1, 0.15) is 12.1 Å². The highest BCUT2D eigenvalue weighted by molar-refractivity contribution is 6.10. The number of aliphatic imine (C=N–C) groups is 1. The van der Waals surface area contributed by atoms with Crippen molar-refractivity contribution in [1.82, 2.24) is 24.7 Å². The van der Waals surface area contributed by atoms with Gasteiger partial charge in [0, 0.05) is 37.3 Å². The summed E-state index contributed by atoms with van der Waals surface area (Å²) >= 11 is 0. The maximum absolute atomic E-state index is 13.9. The summed E-state index contributed by atoms with van der Waals surface area (Å²) in [5, 5.41) is 11.3. The van der Waals surface area contributed by atoms with Crippen LogP contribution in [0.25, 0.3) is 22.4 Å². The number of allylic oxidation sites excluding steroid dienone is 2. The molecule has 0 spiro atoms. The molecule has 0 atom stereocenters. The lowest BCUT2D eigenvalue weighted by atomic mass is 10.1. The number of halogens is 2. The highest BCUT2D eigenvalue weighted by atomic mass is 19.3. The standard InChI is InChI=1S/C25H26F2N8O.H2/c1-15-4-8-22(34-33-15)31-17-5-7-21-20(12-17)30-14-35(21)23-9-6-18(25(26)27)24(32-23)19(16(2)28)13-29-10-11-36-3;/h4-9,12-14,25H,10-11,28H2,1-3H3,(H,31,34);1H/b19-16+,29-13?;. The van der Waals surface area contributed by atoms with Gasteiger partial charge in [-0.1, -0.05) is 0 Å². The average molecular weight is 495 g/mol. The van der Waals surface area contributed by atoms with E-state index in [1.807, 2.05) is 37.3 Å². The summed E-state index contributed by atoms with van der Waals surface area (Å²) in [5.41, 5.74) is 9.58. The Bertz CT molecular complexity index is 1420. The Morgan fingerprint density at radius 1 is 1.22 bits per heavy atom. The third-order valence-corrected chi connectivity index (χ3v) is 5.34. The normalized spacial score (nSPS) is 12.5. The van der Waals surface area contributed by atoms with Crippen molar-refractivity contribution in [2.24, 2.45) is 10.7 Å². The van der Waals surface area contributed by atoms with E-state index in [4.69, 9.17) is 10.5 Å². The van der Waals surface area contributed by atoms with E-state index < -0.39 is 6.43 Å². The number of benzene rings is 1. The van der Waals surface area contributed by atoms with Gasteiger partial charge in [0.15, 0.2) is 5.82 Å². The van der Waals surface area contributed by atoms with Crippen molar-refractivity contribution < 1.29 is 14.9 Å². The maximum atomic E-state index is 13.9. The van der Waals surface area contributed by atoms with Crippen molar-refractivity contribution in [3.8, 4) is 5.82 Å². The second-order valence-electron chi connectivity index (χ2n) is 8.04. The summed E-state index contributed by atoms with van der Waals surface area (Å²) in [4.78, 5) is 13.3. The minimum Gasteiger partial charge on any atom is -0.402 e. The molecule has 0 aliphatic carbocycles. The van der Waals surface area contributed by atoms with Crippen molar-refractivity contribution in [3.63, 3.8) is 0 Å². The fourth-order valence-corrected chi connectivity index (χ4v) is 3.52. The quantitative estimate of drug-likeness (QED) is 0.252. The minimum absolute atomic E-state index is 0. The van der Waals surface area contributed by atoms with Crippen LogP contribution in [0.15, 0.2) is 59.5 Å². The van der Waals surface area contributed by atoms with Crippen molar-refractivity contribution >= 4 is 34.3 Å². The Balaban J connectivity index is 0.00000380. The molecule has 1 aromatic carbocycles. The fourth-order valence-electron chi connectivity index (χ4n) is 3.52. The first kappa shape index (κ1) is 24.9. The number of nitrogens with two attached hydrogens (primary N) is 1. The summed E-state index contributed by atoms with van der Waals surface area (Å²) in [7, 11) is 1.56. The van der Waals surface area contributed by atoms with Gasteiger partial charge in [0.25, 0.3) is 6.43 Å².